The second-order valence-electron chi connectivity index (χ2n) is 11.3. The molecule has 2 unspecified atom stereocenters. The molecule has 6 nitrogen and oxygen atoms in total. The fourth-order valence-electron chi connectivity index (χ4n) is 6.05. The third-order valence-electron chi connectivity index (χ3n) is 8.31. The van der Waals surface area contributed by atoms with Crippen molar-refractivity contribution in [3.05, 3.63) is 12.2 Å². The van der Waals surface area contributed by atoms with Gasteiger partial charge >= 0.3 is 5.97 Å². The van der Waals surface area contributed by atoms with Crippen molar-refractivity contribution in [1.29, 1.82) is 0 Å². The van der Waals surface area contributed by atoms with E-state index in [1.165, 1.54) is 26.4 Å². The molecule has 0 radical (unpaired) electrons. The molecule has 2 saturated heterocycles. The highest BCUT2D eigenvalue weighted by molar-refractivity contribution is 6.21. The number of carbonyl (C=O) groups excluding carboxylic acids is 1. The van der Waals surface area contributed by atoms with Crippen LogP contribution in [0.3, 0.4) is 0 Å². The van der Waals surface area contributed by atoms with Crippen LogP contribution in [0.15, 0.2) is 12.2 Å². The van der Waals surface area contributed by atoms with Gasteiger partial charge in [0.05, 0.1) is 19.3 Å². The summed E-state index contributed by atoms with van der Waals surface area (Å²) < 4.78 is 29.6. The van der Waals surface area contributed by atoms with Gasteiger partial charge in [0.25, 0.3) is 0 Å². The van der Waals surface area contributed by atoms with E-state index in [4.69, 9.17) is 35.3 Å². The van der Waals surface area contributed by atoms with Gasteiger partial charge < -0.3 is 23.7 Å². The number of esters is 1. The van der Waals surface area contributed by atoms with Gasteiger partial charge in [-0.25, -0.2) is 0 Å². The summed E-state index contributed by atoms with van der Waals surface area (Å²) >= 11 is 6.99. The molecule has 0 bridgehead atoms. The maximum absolute atomic E-state index is 11.4. The SMILES string of the molecule is CCCCC[C@@H](C=C[C@@H]1[C@@H](CCCCCCC(=O)OC)[C@H](Cl)C[C@H]1OC1CCCCO1)OC1CCCCO1. The van der Waals surface area contributed by atoms with Crippen molar-refractivity contribution in [2.45, 2.75) is 146 Å². The van der Waals surface area contributed by atoms with Crippen molar-refractivity contribution in [3.8, 4) is 0 Å². The predicted molar refractivity (Wildman–Crippen MR) is 151 cm³/mol. The lowest BCUT2D eigenvalue weighted by molar-refractivity contribution is -0.192. The summed E-state index contributed by atoms with van der Waals surface area (Å²) in [6.07, 6.45) is 22.3. The van der Waals surface area contributed by atoms with Crippen LogP contribution < -0.4 is 0 Å². The standard InChI is InChI=1S/C31H53ClO6/c1-3-4-7-14-24(37-30-17-10-12-21-35-30)19-20-26-25(15-8-5-6-9-16-29(33)34-2)27(32)23-28(26)38-31-18-11-13-22-36-31/h19-20,24-28,30-31H,3-18,21-23H2,1-2H3/t24-,25+,26+,27+,28+,30?,31?/m0/s1. The fourth-order valence-corrected chi connectivity index (χ4v) is 6.52. The van der Waals surface area contributed by atoms with Gasteiger partial charge in [-0.1, -0.05) is 57.6 Å². The summed E-state index contributed by atoms with van der Waals surface area (Å²) in [6, 6.07) is 0. The Morgan fingerprint density at radius 2 is 1.71 bits per heavy atom. The van der Waals surface area contributed by atoms with Crippen LogP contribution in [-0.2, 0) is 28.5 Å². The number of methoxy groups -OCH3 is 1. The number of hydrogen-bond acceptors (Lipinski definition) is 6. The normalized spacial score (nSPS) is 31.0. The van der Waals surface area contributed by atoms with E-state index in [9.17, 15) is 4.79 Å². The summed E-state index contributed by atoms with van der Waals surface area (Å²) in [5.41, 5.74) is 0. The Bertz CT molecular complexity index is 661. The topological polar surface area (TPSA) is 63.2 Å². The van der Waals surface area contributed by atoms with Gasteiger partial charge in [-0.05, 0) is 70.1 Å². The van der Waals surface area contributed by atoms with Crippen LogP contribution in [0.4, 0.5) is 0 Å². The van der Waals surface area contributed by atoms with Crippen molar-refractivity contribution < 1.29 is 28.5 Å². The zero-order valence-electron chi connectivity index (χ0n) is 24.0. The van der Waals surface area contributed by atoms with Crippen molar-refractivity contribution in [3.63, 3.8) is 0 Å². The zero-order chi connectivity index (χ0) is 27.0. The Hall–Kier alpha value is -0.660. The summed E-state index contributed by atoms with van der Waals surface area (Å²) in [4.78, 5) is 11.4. The largest absolute Gasteiger partial charge is 0.469 e. The quantitative estimate of drug-likeness (QED) is 0.0791. The van der Waals surface area contributed by atoms with Crippen LogP contribution in [0.2, 0.25) is 0 Å². The molecule has 0 aromatic heterocycles. The molecule has 0 spiro atoms. The molecule has 3 fully saturated rings. The van der Waals surface area contributed by atoms with Gasteiger partial charge in [0, 0.05) is 30.9 Å². The third kappa shape index (κ3) is 11.4. The second-order valence-corrected chi connectivity index (χ2v) is 11.9. The molecular weight excluding hydrogens is 504 g/mol. The molecular formula is C31H53ClO6. The van der Waals surface area contributed by atoms with Gasteiger partial charge in [-0.3, -0.25) is 4.79 Å². The molecule has 7 atom stereocenters. The molecule has 0 aromatic rings. The first-order valence-corrected chi connectivity index (χ1v) is 16.0. The van der Waals surface area contributed by atoms with Crippen molar-refractivity contribution in [2.75, 3.05) is 20.3 Å². The molecule has 220 valence electrons. The average Bonchev–Trinajstić information content (AvgIpc) is 3.23. The summed E-state index contributed by atoms with van der Waals surface area (Å²) in [6.45, 7) is 3.82. The van der Waals surface area contributed by atoms with Gasteiger partial charge in [0.2, 0.25) is 0 Å². The Morgan fingerprint density at radius 1 is 0.974 bits per heavy atom. The third-order valence-corrected chi connectivity index (χ3v) is 8.81. The molecule has 2 aliphatic heterocycles. The molecule has 2 heterocycles. The maximum atomic E-state index is 11.4. The molecule has 0 amide bonds. The van der Waals surface area contributed by atoms with Crippen LogP contribution in [0.1, 0.15) is 116 Å². The first kappa shape index (κ1) is 31.9. The van der Waals surface area contributed by atoms with E-state index in [1.807, 2.05) is 0 Å². The highest BCUT2D eigenvalue weighted by Crippen LogP contribution is 2.43. The van der Waals surface area contributed by atoms with Gasteiger partial charge in [0.1, 0.15) is 0 Å². The molecule has 1 saturated carbocycles. The molecule has 7 heteroatoms. The van der Waals surface area contributed by atoms with E-state index in [2.05, 4.69) is 19.1 Å². The Labute approximate surface area is 236 Å². The minimum absolute atomic E-state index is 0.0598. The molecule has 3 rings (SSSR count). The monoisotopic (exact) mass is 556 g/mol. The summed E-state index contributed by atoms with van der Waals surface area (Å²) in [5.74, 6) is 0.498. The minimum atomic E-state index is -0.119. The van der Waals surface area contributed by atoms with Crippen LogP contribution in [0.25, 0.3) is 0 Å². The second kappa shape index (κ2) is 18.6. The van der Waals surface area contributed by atoms with Gasteiger partial charge in [-0.2, -0.15) is 0 Å². The Kier molecular flexibility index (Phi) is 15.6. The molecule has 1 aliphatic carbocycles. The van der Waals surface area contributed by atoms with Crippen LogP contribution >= 0.6 is 11.6 Å². The number of ether oxygens (including phenoxy) is 5. The number of hydrogen-bond donors (Lipinski definition) is 0. The van der Waals surface area contributed by atoms with E-state index in [-0.39, 0.29) is 42.1 Å². The van der Waals surface area contributed by atoms with Gasteiger partial charge in [-0.15, -0.1) is 11.6 Å². The van der Waals surface area contributed by atoms with E-state index in [0.717, 1.165) is 96.7 Å². The number of alkyl halides is 1. The first-order chi connectivity index (χ1) is 18.6. The van der Waals surface area contributed by atoms with Crippen LogP contribution in [0, 0.1) is 11.8 Å². The summed E-state index contributed by atoms with van der Waals surface area (Å²) in [7, 11) is 1.45. The molecule has 0 N–H and O–H groups in total. The highest BCUT2D eigenvalue weighted by Gasteiger charge is 2.42. The van der Waals surface area contributed by atoms with E-state index >= 15 is 0 Å². The average molecular weight is 557 g/mol. The number of halogens is 1. The Balaban J connectivity index is 1.61. The predicted octanol–water partition coefficient (Wildman–Crippen LogP) is 7.70. The van der Waals surface area contributed by atoms with E-state index in [0.29, 0.717) is 12.3 Å². The smallest absolute Gasteiger partial charge is 0.305 e. The first-order valence-electron chi connectivity index (χ1n) is 15.5. The van der Waals surface area contributed by atoms with Crippen molar-refractivity contribution in [2.24, 2.45) is 11.8 Å². The van der Waals surface area contributed by atoms with Gasteiger partial charge in [0.15, 0.2) is 12.6 Å². The maximum Gasteiger partial charge on any atom is 0.305 e. The number of rotatable bonds is 17. The lowest BCUT2D eigenvalue weighted by Crippen LogP contribution is -2.31. The molecule has 3 aliphatic rings. The van der Waals surface area contributed by atoms with Crippen LogP contribution in [0.5, 0.6) is 0 Å². The van der Waals surface area contributed by atoms with E-state index < -0.39 is 0 Å². The minimum Gasteiger partial charge on any atom is -0.469 e. The lowest BCUT2D eigenvalue weighted by atomic mass is 9.88. The van der Waals surface area contributed by atoms with Crippen molar-refractivity contribution in [1.82, 2.24) is 0 Å². The molecule has 0 aromatic carbocycles. The highest BCUT2D eigenvalue weighted by atomic mass is 35.5. The van der Waals surface area contributed by atoms with Crippen LogP contribution in [-0.4, -0.2) is 56.5 Å². The Morgan fingerprint density at radius 3 is 2.39 bits per heavy atom. The molecule has 38 heavy (non-hydrogen) atoms. The van der Waals surface area contributed by atoms with Crippen molar-refractivity contribution >= 4 is 17.6 Å². The van der Waals surface area contributed by atoms with E-state index in [1.54, 1.807) is 0 Å². The summed E-state index contributed by atoms with van der Waals surface area (Å²) in [5, 5.41) is 0.0921. The fraction of sp³-hybridized carbons (Fsp3) is 0.903. The number of carbonyl (C=O) groups is 1. The number of unbranched alkanes of at least 4 members (excludes halogenated alkanes) is 5. The zero-order valence-corrected chi connectivity index (χ0v) is 24.7. The lowest BCUT2D eigenvalue weighted by Gasteiger charge is -2.30.